The molecule has 17 heavy (non-hydrogen) atoms. The maximum Gasteiger partial charge on any atom is 0.312 e. The van der Waals surface area contributed by atoms with E-state index in [4.69, 9.17) is 28.9 Å². The van der Waals surface area contributed by atoms with Crippen molar-refractivity contribution in [3.8, 4) is 0 Å². The monoisotopic (exact) mass is 276 g/mol. The molecule has 0 aliphatic rings. The van der Waals surface area contributed by atoms with Crippen molar-refractivity contribution >= 4 is 35.1 Å². The lowest BCUT2D eigenvalue weighted by atomic mass is 10.2. The van der Waals surface area contributed by atoms with E-state index in [1.807, 2.05) is 0 Å². The first-order valence-electron chi connectivity index (χ1n) is 4.63. The van der Waals surface area contributed by atoms with Crippen molar-refractivity contribution in [1.29, 1.82) is 0 Å². The van der Waals surface area contributed by atoms with Crippen molar-refractivity contribution in [2.45, 2.75) is 0 Å². The van der Waals surface area contributed by atoms with Crippen molar-refractivity contribution < 1.29 is 9.59 Å². The molecule has 0 fully saturated rings. The first-order chi connectivity index (χ1) is 8.00. The summed E-state index contributed by atoms with van der Waals surface area (Å²) in [4.78, 5) is 25.7. The number of hydrogen-bond donors (Lipinski definition) is 3. The lowest BCUT2D eigenvalue weighted by Crippen LogP contribution is -2.37. The Bertz CT molecular complexity index is 439. The zero-order valence-corrected chi connectivity index (χ0v) is 10.2. The molecule has 1 rings (SSSR count). The first-order valence-corrected chi connectivity index (χ1v) is 5.39. The third-order valence-corrected chi connectivity index (χ3v) is 2.28. The maximum absolute atomic E-state index is 11.6. The summed E-state index contributed by atoms with van der Waals surface area (Å²) in [6, 6.07) is 0.713. The Labute approximate surface area is 107 Å². The molecule has 0 radical (unpaired) electrons. The first kappa shape index (κ1) is 13.5. The molecule has 1 heterocycles. The summed E-state index contributed by atoms with van der Waals surface area (Å²) in [5, 5.41) is 5.25. The number of aromatic nitrogens is 1. The van der Waals surface area contributed by atoms with Gasteiger partial charge in [-0.25, -0.2) is 9.78 Å². The molecule has 1 aromatic rings. The molecule has 0 aromatic carbocycles. The average Bonchev–Trinajstić information content (AvgIpc) is 2.27. The number of nitrogens with one attached hydrogen (secondary N) is 2. The zero-order chi connectivity index (χ0) is 12.8. The molecule has 8 heteroatoms. The van der Waals surface area contributed by atoms with Gasteiger partial charge in [-0.15, -0.1) is 0 Å². The van der Waals surface area contributed by atoms with Crippen molar-refractivity contribution in [3.63, 3.8) is 0 Å². The van der Waals surface area contributed by atoms with Crippen molar-refractivity contribution in [2.75, 3.05) is 13.1 Å². The fourth-order valence-corrected chi connectivity index (χ4v) is 1.39. The van der Waals surface area contributed by atoms with Crippen LogP contribution in [-0.2, 0) is 0 Å². The van der Waals surface area contributed by atoms with Gasteiger partial charge in [0.1, 0.15) is 5.15 Å². The molecule has 6 nitrogen and oxygen atoms in total. The van der Waals surface area contributed by atoms with E-state index >= 15 is 0 Å². The van der Waals surface area contributed by atoms with Crippen LogP contribution in [0.4, 0.5) is 4.79 Å². The number of pyridine rings is 1. The predicted octanol–water partition coefficient (Wildman–Crippen LogP) is 0.787. The lowest BCUT2D eigenvalue weighted by molar-refractivity contribution is 0.0954. The Hall–Kier alpha value is -1.53. The average molecular weight is 277 g/mol. The molecule has 0 unspecified atom stereocenters. The summed E-state index contributed by atoms with van der Waals surface area (Å²) >= 11 is 11.4. The van der Waals surface area contributed by atoms with E-state index in [0.29, 0.717) is 0 Å². The third kappa shape index (κ3) is 4.46. The number of hydrogen-bond acceptors (Lipinski definition) is 3. The van der Waals surface area contributed by atoms with E-state index in [9.17, 15) is 9.59 Å². The van der Waals surface area contributed by atoms with Gasteiger partial charge in [0.15, 0.2) is 0 Å². The molecule has 1 aromatic heterocycles. The van der Waals surface area contributed by atoms with Crippen molar-refractivity contribution in [1.82, 2.24) is 15.6 Å². The minimum atomic E-state index is -0.649. The maximum atomic E-state index is 11.6. The minimum absolute atomic E-state index is 0.176. The Kier molecular flexibility index (Phi) is 4.99. The predicted molar refractivity (Wildman–Crippen MR) is 64.2 cm³/mol. The summed E-state index contributed by atoms with van der Waals surface area (Å²) < 4.78 is 0. The Morgan fingerprint density at radius 2 is 1.94 bits per heavy atom. The molecule has 0 saturated heterocycles. The molecule has 3 amide bonds. The van der Waals surface area contributed by atoms with Crippen LogP contribution in [0.15, 0.2) is 12.3 Å². The lowest BCUT2D eigenvalue weighted by Gasteiger charge is -2.06. The van der Waals surface area contributed by atoms with E-state index < -0.39 is 11.9 Å². The third-order valence-electron chi connectivity index (χ3n) is 1.78. The van der Waals surface area contributed by atoms with Gasteiger partial charge in [0.05, 0.1) is 10.6 Å². The zero-order valence-electron chi connectivity index (χ0n) is 8.67. The van der Waals surface area contributed by atoms with Crippen LogP contribution in [0.5, 0.6) is 0 Å². The molecular formula is C9H10Cl2N4O2. The van der Waals surface area contributed by atoms with Gasteiger partial charge in [0.25, 0.3) is 5.91 Å². The summed E-state index contributed by atoms with van der Waals surface area (Å²) in [5.74, 6) is -0.398. The molecule has 0 spiro atoms. The molecule has 0 atom stereocenters. The van der Waals surface area contributed by atoms with Gasteiger partial charge < -0.3 is 16.4 Å². The second kappa shape index (κ2) is 6.27. The van der Waals surface area contributed by atoms with E-state index in [1.165, 1.54) is 12.3 Å². The highest BCUT2D eigenvalue weighted by Crippen LogP contribution is 2.17. The standard InChI is InChI=1S/C9H10Cl2N4O2/c10-6-4-15-7(11)3-5(6)8(16)13-1-2-14-9(12)17/h3-4H,1-2H2,(H,13,16)(H3,12,14,17). The number of nitrogens with zero attached hydrogens (tertiary/aromatic N) is 1. The fraction of sp³-hybridized carbons (Fsp3) is 0.222. The van der Waals surface area contributed by atoms with Crippen LogP contribution < -0.4 is 16.4 Å². The largest absolute Gasteiger partial charge is 0.352 e. The molecule has 0 aliphatic heterocycles. The van der Waals surface area contributed by atoms with Crippen LogP contribution in [0.3, 0.4) is 0 Å². The van der Waals surface area contributed by atoms with Crippen molar-refractivity contribution in [3.05, 3.63) is 28.0 Å². The van der Waals surface area contributed by atoms with Gasteiger partial charge in [0.2, 0.25) is 0 Å². The van der Waals surface area contributed by atoms with Crippen LogP contribution in [0.2, 0.25) is 10.2 Å². The van der Waals surface area contributed by atoms with E-state index in [2.05, 4.69) is 15.6 Å². The number of primary amides is 1. The summed E-state index contributed by atoms with van der Waals surface area (Å²) in [6.45, 7) is 0.468. The normalized spacial score (nSPS) is 9.76. The van der Waals surface area contributed by atoms with Crippen LogP contribution in [0, 0.1) is 0 Å². The molecule has 0 saturated carbocycles. The van der Waals surface area contributed by atoms with Crippen LogP contribution in [0.25, 0.3) is 0 Å². The molecule has 0 aliphatic carbocycles. The Morgan fingerprint density at radius 3 is 2.59 bits per heavy atom. The minimum Gasteiger partial charge on any atom is -0.352 e. The van der Waals surface area contributed by atoms with E-state index in [-0.39, 0.29) is 28.8 Å². The van der Waals surface area contributed by atoms with Crippen LogP contribution in [0.1, 0.15) is 10.4 Å². The van der Waals surface area contributed by atoms with E-state index in [0.717, 1.165) is 0 Å². The quantitative estimate of drug-likeness (QED) is 0.560. The van der Waals surface area contributed by atoms with Gasteiger partial charge >= 0.3 is 6.03 Å². The molecular weight excluding hydrogens is 267 g/mol. The second-order valence-electron chi connectivity index (χ2n) is 3.03. The number of carbonyl (C=O) groups excluding carboxylic acids is 2. The Balaban J connectivity index is 2.52. The summed E-state index contributed by atoms with van der Waals surface area (Å²) in [5.41, 5.74) is 5.08. The number of nitrogens with two attached hydrogens (primary N) is 1. The van der Waals surface area contributed by atoms with E-state index in [1.54, 1.807) is 0 Å². The number of halogens is 2. The summed E-state index contributed by atoms with van der Waals surface area (Å²) in [7, 11) is 0. The highest BCUT2D eigenvalue weighted by atomic mass is 35.5. The molecule has 4 N–H and O–H groups in total. The number of urea groups is 1. The highest BCUT2D eigenvalue weighted by molar-refractivity contribution is 6.35. The number of carbonyl (C=O) groups is 2. The molecule has 0 bridgehead atoms. The summed E-state index contributed by atoms with van der Waals surface area (Å²) in [6.07, 6.45) is 1.29. The smallest absolute Gasteiger partial charge is 0.312 e. The van der Waals surface area contributed by atoms with Gasteiger partial charge in [0, 0.05) is 19.3 Å². The number of amides is 3. The van der Waals surface area contributed by atoms with Gasteiger partial charge in [-0.2, -0.15) is 0 Å². The highest BCUT2D eigenvalue weighted by Gasteiger charge is 2.10. The van der Waals surface area contributed by atoms with Gasteiger partial charge in [-0.1, -0.05) is 23.2 Å². The van der Waals surface area contributed by atoms with Crippen LogP contribution >= 0.6 is 23.2 Å². The number of rotatable bonds is 4. The van der Waals surface area contributed by atoms with Crippen molar-refractivity contribution in [2.24, 2.45) is 5.73 Å². The fourth-order valence-electron chi connectivity index (χ4n) is 1.04. The Morgan fingerprint density at radius 1 is 1.29 bits per heavy atom. The second-order valence-corrected chi connectivity index (χ2v) is 3.83. The van der Waals surface area contributed by atoms with Gasteiger partial charge in [-0.05, 0) is 6.07 Å². The SMILES string of the molecule is NC(=O)NCCNC(=O)c1cc(Cl)ncc1Cl. The molecule has 92 valence electrons. The van der Waals surface area contributed by atoms with Gasteiger partial charge in [-0.3, -0.25) is 4.79 Å². The van der Waals surface area contributed by atoms with Crippen LogP contribution in [-0.4, -0.2) is 30.0 Å². The topological polar surface area (TPSA) is 97.1 Å².